The van der Waals surface area contributed by atoms with Crippen LogP contribution in [-0.2, 0) is 19.6 Å². The van der Waals surface area contributed by atoms with E-state index in [1.165, 1.54) is 34.6 Å². The normalized spacial score (nSPS) is 16.1. The molecule has 1 saturated heterocycles. The first-order valence-corrected chi connectivity index (χ1v) is 11.1. The second-order valence-corrected chi connectivity index (χ2v) is 9.08. The van der Waals surface area contributed by atoms with Crippen LogP contribution in [0.15, 0.2) is 47.4 Å². The second kappa shape index (κ2) is 9.74. The molecule has 30 heavy (non-hydrogen) atoms. The molecule has 0 radical (unpaired) electrons. The van der Waals surface area contributed by atoms with Gasteiger partial charge in [-0.3, -0.25) is 4.79 Å². The van der Waals surface area contributed by atoms with E-state index in [-0.39, 0.29) is 47.2 Å². The van der Waals surface area contributed by atoms with Gasteiger partial charge < -0.3 is 14.8 Å². The highest BCUT2D eigenvalue weighted by Gasteiger charge is 2.27. The van der Waals surface area contributed by atoms with Crippen LogP contribution in [0.2, 0.25) is 5.02 Å². The van der Waals surface area contributed by atoms with Crippen molar-refractivity contribution < 1.29 is 27.1 Å². The molecule has 0 aromatic heterocycles. The average Bonchev–Trinajstić information content (AvgIpc) is 2.73. The van der Waals surface area contributed by atoms with Crippen LogP contribution in [-0.4, -0.2) is 51.5 Å². The second-order valence-electron chi connectivity index (χ2n) is 6.74. The third kappa shape index (κ3) is 5.48. The van der Waals surface area contributed by atoms with Gasteiger partial charge >= 0.3 is 0 Å². The predicted molar refractivity (Wildman–Crippen MR) is 109 cm³/mol. The Hall–Kier alpha value is -2.20. The molecule has 0 aliphatic carbocycles. The molecular weight excluding hydrogens is 435 g/mol. The Morgan fingerprint density at radius 2 is 1.90 bits per heavy atom. The number of halogens is 2. The minimum atomic E-state index is -3.67. The third-order valence-corrected chi connectivity index (χ3v) is 6.81. The lowest BCUT2D eigenvalue weighted by Crippen LogP contribution is -2.40. The van der Waals surface area contributed by atoms with Crippen LogP contribution in [0.1, 0.15) is 18.5 Å². The van der Waals surface area contributed by atoms with E-state index in [9.17, 15) is 17.6 Å². The highest BCUT2D eigenvalue weighted by atomic mass is 35.5. The largest absolute Gasteiger partial charge is 0.482 e. The smallest absolute Gasteiger partial charge is 0.258 e. The third-order valence-electron chi connectivity index (χ3n) is 4.62. The number of morpholine rings is 1. The molecule has 1 aliphatic rings. The Bertz CT molecular complexity index is 995. The molecule has 1 unspecified atom stereocenters. The Balaban J connectivity index is 1.59. The van der Waals surface area contributed by atoms with Crippen molar-refractivity contribution in [2.75, 3.05) is 32.9 Å². The fourth-order valence-electron chi connectivity index (χ4n) is 2.96. The molecule has 1 atom stereocenters. The van der Waals surface area contributed by atoms with Gasteiger partial charge in [0.15, 0.2) is 6.61 Å². The Morgan fingerprint density at radius 3 is 2.53 bits per heavy atom. The summed E-state index contributed by atoms with van der Waals surface area (Å²) in [7, 11) is -3.67. The van der Waals surface area contributed by atoms with Gasteiger partial charge in [-0.25, -0.2) is 12.8 Å². The molecule has 0 spiro atoms. The van der Waals surface area contributed by atoms with Crippen molar-refractivity contribution in [3.05, 3.63) is 58.9 Å². The van der Waals surface area contributed by atoms with E-state index in [1.807, 2.05) is 0 Å². The van der Waals surface area contributed by atoms with Crippen LogP contribution in [0.4, 0.5) is 4.39 Å². The number of hydrogen-bond acceptors (Lipinski definition) is 5. The molecule has 1 N–H and O–H groups in total. The lowest BCUT2D eigenvalue weighted by molar-refractivity contribution is -0.123. The van der Waals surface area contributed by atoms with Gasteiger partial charge in [0.25, 0.3) is 5.91 Å². The summed E-state index contributed by atoms with van der Waals surface area (Å²) >= 11 is 6.17. The quantitative estimate of drug-likeness (QED) is 0.692. The number of sulfonamides is 1. The molecule has 3 rings (SSSR count). The number of rotatable bonds is 7. The average molecular weight is 457 g/mol. The lowest BCUT2D eigenvalue weighted by atomic mass is 10.1. The van der Waals surface area contributed by atoms with Crippen LogP contribution < -0.4 is 10.1 Å². The van der Waals surface area contributed by atoms with Gasteiger partial charge in [-0.1, -0.05) is 23.7 Å². The van der Waals surface area contributed by atoms with Crippen molar-refractivity contribution >= 4 is 27.5 Å². The van der Waals surface area contributed by atoms with E-state index in [0.29, 0.717) is 13.2 Å². The number of benzene rings is 2. The minimum absolute atomic E-state index is 0.0520. The zero-order chi connectivity index (χ0) is 21.7. The van der Waals surface area contributed by atoms with Crippen molar-refractivity contribution in [3.63, 3.8) is 0 Å². The number of amides is 1. The highest BCUT2D eigenvalue weighted by molar-refractivity contribution is 7.89. The van der Waals surface area contributed by atoms with Crippen molar-refractivity contribution in [1.82, 2.24) is 9.62 Å². The first kappa shape index (κ1) is 22.5. The van der Waals surface area contributed by atoms with E-state index in [2.05, 4.69) is 5.32 Å². The monoisotopic (exact) mass is 456 g/mol. The summed E-state index contributed by atoms with van der Waals surface area (Å²) in [6, 6.07) is 9.61. The van der Waals surface area contributed by atoms with E-state index >= 15 is 0 Å². The summed E-state index contributed by atoms with van der Waals surface area (Å²) in [5, 5.41) is 2.83. The van der Waals surface area contributed by atoms with Gasteiger partial charge in [0, 0.05) is 13.1 Å². The van der Waals surface area contributed by atoms with E-state index in [1.54, 1.807) is 19.1 Å². The number of nitrogens with one attached hydrogen (secondary N) is 1. The summed E-state index contributed by atoms with van der Waals surface area (Å²) < 4.78 is 50.3. The lowest BCUT2D eigenvalue weighted by Gasteiger charge is -2.26. The predicted octanol–water partition coefficient (Wildman–Crippen LogP) is 2.76. The Kier molecular flexibility index (Phi) is 7.30. The van der Waals surface area contributed by atoms with Gasteiger partial charge in [-0.15, -0.1) is 0 Å². The van der Waals surface area contributed by atoms with Gasteiger partial charge in [0.2, 0.25) is 10.0 Å². The zero-order valence-corrected chi connectivity index (χ0v) is 17.9. The van der Waals surface area contributed by atoms with E-state index in [4.69, 9.17) is 21.1 Å². The van der Waals surface area contributed by atoms with Gasteiger partial charge in [-0.05, 0) is 42.8 Å². The summed E-state index contributed by atoms with van der Waals surface area (Å²) in [6.45, 7) is 2.72. The fourth-order valence-corrected chi connectivity index (χ4v) is 4.69. The summed E-state index contributed by atoms with van der Waals surface area (Å²) in [4.78, 5) is 12.2. The molecule has 7 nitrogen and oxygen atoms in total. The number of carbonyl (C=O) groups excluding carboxylic acids is 1. The molecule has 0 saturated carbocycles. The summed E-state index contributed by atoms with van der Waals surface area (Å²) in [5.74, 6) is -0.551. The van der Waals surface area contributed by atoms with Gasteiger partial charge in [-0.2, -0.15) is 4.31 Å². The number of ether oxygens (including phenoxy) is 2. The minimum Gasteiger partial charge on any atom is -0.482 e. The maximum absolute atomic E-state index is 13.0. The van der Waals surface area contributed by atoms with Crippen molar-refractivity contribution in [2.45, 2.75) is 17.9 Å². The van der Waals surface area contributed by atoms with Crippen molar-refractivity contribution in [1.29, 1.82) is 0 Å². The van der Waals surface area contributed by atoms with E-state index in [0.717, 1.165) is 5.56 Å². The van der Waals surface area contributed by atoms with E-state index < -0.39 is 15.9 Å². The highest BCUT2D eigenvalue weighted by Crippen LogP contribution is 2.29. The molecule has 0 bridgehead atoms. The maximum Gasteiger partial charge on any atom is 0.258 e. The van der Waals surface area contributed by atoms with Gasteiger partial charge in [0.1, 0.15) is 11.6 Å². The number of carbonyl (C=O) groups is 1. The molecule has 2 aromatic carbocycles. The number of hydrogen-bond donors (Lipinski definition) is 1. The topological polar surface area (TPSA) is 84.9 Å². The molecule has 1 aliphatic heterocycles. The SMILES string of the molecule is CC(NC(=O)COc1ccc(S(=O)(=O)N2CCOCC2)cc1Cl)c1ccc(F)cc1. The molecule has 2 aromatic rings. The summed E-state index contributed by atoms with van der Waals surface area (Å²) in [6.07, 6.45) is 0. The maximum atomic E-state index is 13.0. The molecule has 1 heterocycles. The zero-order valence-electron chi connectivity index (χ0n) is 16.3. The Labute approximate surface area is 179 Å². The Morgan fingerprint density at radius 1 is 1.23 bits per heavy atom. The summed E-state index contributed by atoms with van der Waals surface area (Å²) in [5.41, 5.74) is 0.750. The van der Waals surface area contributed by atoms with Gasteiger partial charge in [0.05, 0.1) is 29.2 Å². The van der Waals surface area contributed by atoms with Crippen LogP contribution in [0.5, 0.6) is 5.75 Å². The van der Waals surface area contributed by atoms with Crippen molar-refractivity contribution in [2.24, 2.45) is 0 Å². The molecule has 1 fully saturated rings. The van der Waals surface area contributed by atoms with Crippen molar-refractivity contribution in [3.8, 4) is 5.75 Å². The van der Waals surface area contributed by atoms with Crippen LogP contribution in [0.3, 0.4) is 0 Å². The molecule has 162 valence electrons. The fraction of sp³-hybridized carbons (Fsp3) is 0.350. The standard InChI is InChI=1S/C20H22ClFN2O5S/c1-14(15-2-4-16(22)5-3-15)23-20(25)13-29-19-7-6-17(12-18(19)21)30(26,27)24-8-10-28-11-9-24/h2-7,12,14H,8-11,13H2,1H3,(H,23,25). The molecular formula is C20H22ClFN2O5S. The number of nitrogens with zero attached hydrogens (tertiary/aromatic N) is 1. The molecule has 1 amide bonds. The molecule has 10 heteroatoms. The van der Waals surface area contributed by atoms with Crippen LogP contribution in [0, 0.1) is 5.82 Å². The first-order chi connectivity index (χ1) is 14.3. The first-order valence-electron chi connectivity index (χ1n) is 9.32. The van der Waals surface area contributed by atoms with Crippen LogP contribution >= 0.6 is 11.6 Å². The van der Waals surface area contributed by atoms with Crippen LogP contribution in [0.25, 0.3) is 0 Å².